The van der Waals surface area contributed by atoms with Gasteiger partial charge in [0.05, 0.1) is 11.5 Å². The van der Waals surface area contributed by atoms with Gasteiger partial charge in [-0.15, -0.1) is 0 Å². The van der Waals surface area contributed by atoms with E-state index in [1.807, 2.05) is 37.3 Å². The molecule has 1 aromatic heterocycles. The van der Waals surface area contributed by atoms with Crippen molar-refractivity contribution in [3.05, 3.63) is 71.9 Å². The molecule has 132 valence electrons. The summed E-state index contributed by atoms with van der Waals surface area (Å²) >= 11 is 0. The number of hydrogen-bond donors (Lipinski definition) is 0. The van der Waals surface area contributed by atoms with E-state index in [1.165, 1.54) is 12.1 Å². The van der Waals surface area contributed by atoms with Crippen molar-refractivity contribution in [2.45, 2.75) is 12.8 Å². The Hall–Kier alpha value is -3.02. The predicted molar refractivity (Wildman–Crippen MR) is 93.9 cm³/mol. The van der Waals surface area contributed by atoms with Gasteiger partial charge in [0.25, 0.3) is 5.91 Å². The summed E-state index contributed by atoms with van der Waals surface area (Å²) in [6, 6.07) is 15.6. The number of nitrogens with zero attached hydrogens (tertiary/aromatic N) is 3. The zero-order chi connectivity index (χ0) is 18.1. The SMILES string of the molecule is C[C@H]1CN(C(=O)c2ccccc2F)C[C@@H]1c1nc(-c2ccccc2)no1. The average Bonchev–Trinajstić information content (AvgIpc) is 3.29. The molecule has 26 heavy (non-hydrogen) atoms. The first kappa shape index (κ1) is 16.4. The molecule has 5 nitrogen and oxygen atoms in total. The van der Waals surface area contributed by atoms with Crippen LogP contribution >= 0.6 is 0 Å². The van der Waals surface area contributed by atoms with Crippen LogP contribution in [-0.4, -0.2) is 34.0 Å². The number of hydrogen-bond acceptors (Lipinski definition) is 4. The Balaban J connectivity index is 1.54. The van der Waals surface area contributed by atoms with Crippen LogP contribution in [0.3, 0.4) is 0 Å². The Kier molecular flexibility index (Phi) is 4.24. The molecule has 0 radical (unpaired) electrons. The molecule has 1 aliphatic heterocycles. The molecule has 0 aliphatic carbocycles. The van der Waals surface area contributed by atoms with Crippen LogP contribution in [0.15, 0.2) is 59.1 Å². The van der Waals surface area contributed by atoms with E-state index in [0.717, 1.165) is 5.56 Å². The zero-order valence-corrected chi connectivity index (χ0v) is 14.3. The minimum Gasteiger partial charge on any atom is -0.339 e. The Morgan fingerprint density at radius 3 is 2.62 bits per heavy atom. The Labute approximate surface area is 150 Å². The van der Waals surface area contributed by atoms with E-state index in [2.05, 4.69) is 10.1 Å². The third-order valence-corrected chi connectivity index (χ3v) is 4.79. The summed E-state index contributed by atoms with van der Waals surface area (Å²) in [7, 11) is 0. The van der Waals surface area contributed by atoms with Crippen molar-refractivity contribution in [1.29, 1.82) is 0 Å². The molecule has 3 aromatic rings. The van der Waals surface area contributed by atoms with Crippen LogP contribution in [0.25, 0.3) is 11.4 Å². The summed E-state index contributed by atoms with van der Waals surface area (Å²) in [5, 5.41) is 4.06. The summed E-state index contributed by atoms with van der Waals surface area (Å²) in [6.45, 7) is 3.00. The van der Waals surface area contributed by atoms with Crippen LogP contribution in [0, 0.1) is 11.7 Å². The van der Waals surface area contributed by atoms with E-state index in [-0.39, 0.29) is 23.3 Å². The molecular formula is C20H18FN3O2. The Bertz CT molecular complexity index is 926. The summed E-state index contributed by atoms with van der Waals surface area (Å²) < 4.78 is 19.4. The molecule has 1 amide bonds. The van der Waals surface area contributed by atoms with Gasteiger partial charge < -0.3 is 9.42 Å². The van der Waals surface area contributed by atoms with Gasteiger partial charge in [-0.2, -0.15) is 4.98 Å². The highest BCUT2D eigenvalue weighted by molar-refractivity contribution is 5.94. The molecule has 0 unspecified atom stereocenters. The predicted octanol–water partition coefficient (Wildman–Crippen LogP) is 3.75. The number of halogens is 1. The molecule has 1 saturated heterocycles. The second kappa shape index (κ2) is 6.71. The molecule has 4 rings (SSSR count). The van der Waals surface area contributed by atoms with Crippen molar-refractivity contribution >= 4 is 5.91 Å². The van der Waals surface area contributed by atoms with Crippen LogP contribution in [-0.2, 0) is 0 Å². The fraction of sp³-hybridized carbons (Fsp3) is 0.250. The highest BCUT2D eigenvalue weighted by Crippen LogP contribution is 2.33. The van der Waals surface area contributed by atoms with Crippen molar-refractivity contribution in [3.8, 4) is 11.4 Å². The molecule has 1 aliphatic rings. The Morgan fingerprint density at radius 2 is 1.85 bits per heavy atom. The monoisotopic (exact) mass is 351 g/mol. The molecule has 2 atom stereocenters. The molecule has 1 fully saturated rings. The van der Waals surface area contributed by atoms with Crippen molar-refractivity contribution in [1.82, 2.24) is 15.0 Å². The number of benzene rings is 2. The van der Waals surface area contributed by atoms with Crippen LogP contribution in [0.1, 0.15) is 29.1 Å². The second-order valence-electron chi connectivity index (χ2n) is 6.60. The van der Waals surface area contributed by atoms with E-state index in [9.17, 15) is 9.18 Å². The van der Waals surface area contributed by atoms with Crippen LogP contribution in [0.5, 0.6) is 0 Å². The van der Waals surface area contributed by atoms with Gasteiger partial charge >= 0.3 is 0 Å². The molecule has 6 heteroatoms. The smallest absolute Gasteiger partial charge is 0.256 e. The molecule has 0 N–H and O–H groups in total. The largest absolute Gasteiger partial charge is 0.339 e. The van der Waals surface area contributed by atoms with Gasteiger partial charge in [0.15, 0.2) is 0 Å². The number of likely N-dealkylation sites (tertiary alicyclic amines) is 1. The number of carbonyl (C=O) groups is 1. The lowest BCUT2D eigenvalue weighted by Gasteiger charge is -2.16. The van der Waals surface area contributed by atoms with Gasteiger partial charge in [-0.05, 0) is 18.1 Å². The number of amides is 1. The molecular weight excluding hydrogens is 333 g/mol. The van der Waals surface area contributed by atoms with Gasteiger partial charge in [-0.1, -0.05) is 54.5 Å². The van der Waals surface area contributed by atoms with E-state index in [1.54, 1.807) is 17.0 Å². The average molecular weight is 351 g/mol. The first-order valence-electron chi connectivity index (χ1n) is 8.56. The molecule has 2 aromatic carbocycles. The lowest BCUT2D eigenvalue weighted by Crippen LogP contribution is -2.29. The minimum absolute atomic E-state index is 0.0596. The maximum absolute atomic E-state index is 13.9. The van der Waals surface area contributed by atoms with E-state index in [0.29, 0.717) is 24.8 Å². The lowest BCUT2D eigenvalue weighted by molar-refractivity contribution is 0.0781. The summed E-state index contributed by atoms with van der Waals surface area (Å²) in [5.74, 6) is 0.329. The van der Waals surface area contributed by atoms with E-state index in [4.69, 9.17) is 4.52 Å². The third kappa shape index (κ3) is 2.98. The molecule has 0 spiro atoms. The quantitative estimate of drug-likeness (QED) is 0.721. The van der Waals surface area contributed by atoms with Gasteiger partial charge in [0.1, 0.15) is 5.82 Å². The van der Waals surface area contributed by atoms with Crippen molar-refractivity contribution in [2.24, 2.45) is 5.92 Å². The zero-order valence-electron chi connectivity index (χ0n) is 14.3. The van der Waals surface area contributed by atoms with E-state index < -0.39 is 5.82 Å². The second-order valence-corrected chi connectivity index (χ2v) is 6.60. The minimum atomic E-state index is -0.502. The highest BCUT2D eigenvalue weighted by Gasteiger charge is 2.37. The maximum Gasteiger partial charge on any atom is 0.256 e. The van der Waals surface area contributed by atoms with Crippen molar-refractivity contribution in [2.75, 3.05) is 13.1 Å². The standard InChI is InChI=1S/C20H18FN3O2/c1-13-11-24(20(25)15-9-5-6-10-17(15)21)12-16(13)19-22-18(23-26-19)14-7-3-2-4-8-14/h2-10,13,16H,11-12H2,1H3/t13-,16-/m0/s1. The molecule has 0 bridgehead atoms. The fourth-order valence-corrected chi connectivity index (χ4v) is 3.35. The third-order valence-electron chi connectivity index (χ3n) is 4.79. The number of aromatic nitrogens is 2. The molecule has 2 heterocycles. The number of rotatable bonds is 3. The number of carbonyl (C=O) groups excluding carboxylic acids is 1. The van der Waals surface area contributed by atoms with Crippen molar-refractivity contribution < 1.29 is 13.7 Å². The van der Waals surface area contributed by atoms with Gasteiger partial charge in [0, 0.05) is 18.7 Å². The maximum atomic E-state index is 13.9. The normalized spacial score (nSPS) is 19.7. The van der Waals surface area contributed by atoms with Crippen molar-refractivity contribution in [3.63, 3.8) is 0 Å². The summed E-state index contributed by atoms with van der Waals surface area (Å²) in [6.07, 6.45) is 0. The Morgan fingerprint density at radius 1 is 1.12 bits per heavy atom. The summed E-state index contributed by atoms with van der Waals surface area (Å²) in [4.78, 5) is 18.8. The topological polar surface area (TPSA) is 59.2 Å². The highest BCUT2D eigenvalue weighted by atomic mass is 19.1. The van der Waals surface area contributed by atoms with Gasteiger partial charge in [0.2, 0.25) is 11.7 Å². The molecule has 0 saturated carbocycles. The lowest BCUT2D eigenvalue weighted by atomic mass is 9.98. The van der Waals surface area contributed by atoms with E-state index >= 15 is 0 Å². The summed E-state index contributed by atoms with van der Waals surface area (Å²) in [5.41, 5.74) is 0.975. The first-order chi connectivity index (χ1) is 12.6. The van der Waals surface area contributed by atoms with Crippen LogP contribution in [0.2, 0.25) is 0 Å². The van der Waals surface area contributed by atoms with Gasteiger partial charge in [-0.3, -0.25) is 4.79 Å². The van der Waals surface area contributed by atoms with Crippen LogP contribution in [0.4, 0.5) is 4.39 Å². The first-order valence-corrected chi connectivity index (χ1v) is 8.56. The van der Waals surface area contributed by atoms with Crippen LogP contribution < -0.4 is 0 Å². The van der Waals surface area contributed by atoms with Gasteiger partial charge in [-0.25, -0.2) is 4.39 Å². The fourth-order valence-electron chi connectivity index (χ4n) is 3.35.